The molecular formula is C26H33FN2O3. The fourth-order valence-electron chi connectivity index (χ4n) is 4.70. The summed E-state index contributed by atoms with van der Waals surface area (Å²) in [6.07, 6.45) is 4.20. The number of amides is 1. The molecule has 4 rings (SSSR count). The van der Waals surface area contributed by atoms with Gasteiger partial charge in [0.05, 0.1) is 13.2 Å². The van der Waals surface area contributed by atoms with Gasteiger partial charge in [0, 0.05) is 37.4 Å². The van der Waals surface area contributed by atoms with Crippen molar-refractivity contribution in [3.8, 4) is 5.75 Å². The molecule has 1 amide bonds. The van der Waals surface area contributed by atoms with Crippen molar-refractivity contribution in [3.63, 3.8) is 0 Å². The molecule has 2 aliphatic heterocycles. The maximum atomic E-state index is 14.0. The second-order valence-corrected chi connectivity index (χ2v) is 8.88. The van der Waals surface area contributed by atoms with E-state index in [-0.39, 0.29) is 17.8 Å². The van der Waals surface area contributed by atoms with E-state index in [1.165, 1.54) is 6.07 Å². The summed E-state index contributed by atoms with van der Waals surface area (Å²) < 4.78 is 25.1. The number of hydrogen-bond acceptors (Lipinski definition) is 4. The van der Waals surface area contributed by atoms with E-state index >= 15 is 0 Å². The standard InChI is InChI=1S/C26H33FN2O3/c1-31-23-10-8-21(9-11-23)26(30)29(19-24-6-4-16-32-24)17-20-12-14-28(15-13-20)18-22-5-2-3-7-25(22)27/h2-3,5,7-11,20,24H,4,6,12-19H2,1H3/t24-/m0/s1. The zero-order valence-electron chi connectivity index (χ0n) is 18.8. The van der Waals surface area contributed by atoms with Crippen LogP contribution in [0.15, 0.2) is 48.5 Å². The number of methoxy groups -OCH3 is 1. The molecule has 2 saturated heterocycles. The van der Waals surface area contributed by atoms with Gasteiger partial charge in [-0.2, -0.15) is 0 Å². The molecular weight excluding hydrogens is 407 g/mol. The molecule has 5 nitrogen and oxygen atoms in total. The molecule has 2 heterocycles. The minimum atomic E-state index is -0.137. The van der Waals surface area contributed by atoms with Crippen LogP contribution >= 0.6 is 0 Å². The lowest BCUT2D eigenvalue weighted by molar-refractivity contribution is 0.0444. The van der Waals surface area contributed by atoms with Crippen molar-refractivity contribution in [3.05, 3.63) is 65.5 Å². The Morgan fingerprint density at radius 3 is 2.50 bits per heavy atom. The third-order valence-corrected chi connectivity index (χ3v) is 6.61. The number of hydrogen-bond donors (Lipinski definition) is 0. The Morgan fingerprint density at radius 2 is 1.84 bits per heavy atom. The van der Waals surface area contributed by atoms with Gasteiger partial charge >= 0.3 is 0 Å². The molecule has 0 bridgehead atoms. The number of nitrogens with zero attached hydrogens (tertiary/aromatic N) is 2. The number of carbonyl (C=O) groups excluding carboxylic acids is 1. The van der Waals surface area contributed by atoms with E-state index < -0.39 is 0 Å². The first-order valence-electron chi connectivity index (χ1n) is 11.6. The van der Waals surface area contributed by atoms with Gasteiger partial charge in [-0.1, -0.05) is 18.2 Å². The molecule has 0 radical (unpaired) electrons. The average molecular weight is 441 g/mol. The lowest BCUT2D eigenvalue weighted by atomic mass is 9.95. The highest BCUT2D eigenvalue weighted by atomic mass is 19.1. The second-order valence-electron chi connectivity index (χ2n) is 8.88. The summed E-state index contributed by atoms with van der Waals surface area (Å²) in [6, 6.07) is 14.3. The van der Waals surface area contributed by atoms with Crippen LogP contribution in [-0.2, 0) is 11.3 Å². The smallest absolute Gasteiger partial charge is 0.253 e. The average Bonchev–Trinajstić information content (AvgIpc) is 3.34. The van der Waals surface area contributed by atoms with Crippen LogP contribution in [0.1, 0.15) is 41.6 Å². The summed E-state index contributed by atoms with van der Waals surface area (Å²) in [5.74, 6) is 1.10. The molecule has 0 saturated carbocycles. The maximum Gasteiger partial charge on any atom is 0.253 e. The van der Waals surface area contributed by atoms with E-state index in [0.717, 1.165) is 63.2 Å². The summed E-state index contributed by atoms with van der Waals surface area (Å²) in [5.41, 5.74) is 1.43. The van der Waals surface area contributed by atoms with E-state index in [2.05, 4.69) is 4.90 Å². The molecule has 2 aromatic rings. The lowest BCUT2D eigenvalue weighted by Gasteiger charge is -2.35. The summed E-state index contributed by atoms with van der Waals surface area (Å²) in [4.78, 5) is 17.6. The van der Waals surface area contributed by atoms with Gasteiger partial charge in [0.15, 0.2) is 0 Å². The van der Waals surface area contributed by atoms with Crippen molar-refractivity contribution in [1.29, 1.82) is 0 Å². The Balaban J connectivity index is 1.36. The minimum absolute atomic E-state index is 0.0527. The highest BCUT2D eigenvalue weighted by Crippen LogP contribution is 2.24. The first-order valence-corrected chi connectivity index (χ1v) is 11.6. The summed E-state index contributed by atoms with van der Waals surface area (Å²) >= 11 is 0. The SMILES string of the molecule is COc1ccc(C(=O)N(CC2CCN(Cc3ccccc3F)CC2)C[C@@H]2CCCO2)cc1. The molecule has 172 valence electrons. The molecule has 2 aromatic carbocycles. The lowest BCUT2D eigenvalue weighted by Crippen LogP contribution is -2.43. The summed E-state index contributed by atoms with van der Waals surface area (Å²) in [6.45, 7) is 4.64. The number of piperidine rings is 1. The Labute approximate surface area is 190 Å². The molecule has 0 aliphatic carbocycles. The Hall–Kier alpha value is -2.44. The molecule has 0 spiro atoms. The molecule has 0 unspecified atom stereocenters. The second kappa shape index (κ2) is 10.9. The van der Waals surface area contributed by atoms with Crippen molar-refractivity contribution in [1.82, 2.24) is 9.80 Å². The zero-order chi connectivity index (χ0) is 22.3. The fraction of sp³-hybridized carbons (Fsp3) is 0.500. The Bertz CT molecular complexity index is 875. The predicted octanol–water partition coefficient (Wildman–Crippen LogP) is 4.37. The maximum absolute atomic E-state index is 14.0. The number of ether oxygens (including phenoxy) is 2. The van der Waals surface area contributed by atoms with Crippen LogP contribution in [0, 0.1) is 11.7 Å². The fourth-order valence-corrected chi connectivity index (χ4v) is 4.70. The zero-order valence-corrected chi connectivity index (χ0v) is 18.8. The molecule has 1 atom stereocenters. The monoisotopic (exact) mass is 440 g/mol. The predicted molar refractivity (Wildman–Crippen MR) is 122 cm³/mol. The van der Waals surface area contributed by atoms with E-state index in [1.807, 2.05) is 41.3 Å². The van der Waals surface area contributed by atoms with Crippen LogP contribution in [0.2, 0.25) is 0 Å². The largest absolute Gasteiger partial charge is 0.497 e. The van der Waals surface area contributed by atoms with Crippen LogP contribution in [0.25, 0.3) is 0 Å². The number of halogens is 1. The van der Waals surface area contributed by atoms with Crippen molar-refractivity contribution in [2.24, 2.45) is 5.92 Å². The van der Waals surface area contributed by atoms with Gasteiger partial charge in [-0.15, -0.1) is 0 Å². The third-order valence-electron chi connectivity index (χ3n) is 6.61. The van der Waals surface area contributed by atoms with Crippen LogP contribution in [0.5, 0.6) is 5.75 Å². The van der Waals surface area contributed by atoms with Crippen molar-refractivity contribution >= 4 is 5.91 Å². The number of rotatable bonds is 8. The highest BCUT2D eigenvalue weighted by Gasteiger charge is 2.28. The van der Waals surface area contributed by atoms with Crippen LogP contribution in [-0.4, -0.2) is 61.7 Å². The van der Waals surface area contributed by atoms with Gasteiger partial charge in [0.1, 0.15) is 11.6 Å². The van der Waals surface area contributed by atoms with Crippen LogP contribution in [0.4, 0.5) is 4.39 Å². The Kier molecular flexibility index (Phi) is 7.76. The first kappa shape index (κ1) is 22.7. The summed E-state index contributed by atoms with van der Waals surface area (Å²) in [7, 11) is 1.62. The quantitative estimate of drug-likeness (QED) is 0.611. The highest BCUT2D eigenvalue weighted by molar-refractivity contribution is 5.94. The van der Waals surface area contributed by atoms with Crippen LogP contribution in [0.3, 0.4) is 0 Å². The van der Waals surface area contributed by atoms with E-state index in [1.54, 1.807) is 13.2 Å². The van der Waals surface area contributed by atoms with E-state index in [9.17, 15) is 9.18 Å². The molecule has 0 aromatic heterocycles. The van der Waals surface area contributed by atoms with Crippen molar-refractivity contribution in [2.45, 2.75) is 38.3 Å². The van der Waals surface area contributed by atoms with Crippen LogP contribution < -0.4 is 4.74 Å². The van der Waals surface area contributed by atoms with Gasteiger partial charge in [-0.3, -0.25) is 9.69 Å². The van der Waals surface area contributed by atoms with Gasteiger partial charge in [-0.25, -0.2) is 4.39 Å². The molecule has 6 heteroatoms. The number of likely N-dealkylation sites (tertiary alicyclic amines) is 1. The number of carbonyl (C=O) groups is 1. The molecule has 2 aliphatic rings. The normalized spacial score (nSPS) is 19.8. The van der Waals surface area contributed by atoms with Crippen molar-refractivity contribution < 1.29 is 18.7 Å². The first-order chi connectivity index (χ1) is 15.6. The minimum Gasteiger partial charge on any atom is -0.497 e. The van der Waals surface area contributed by atoms with Gasteiger partial charge in [-0.05, 0) is 75.0 Å². The van der Waals surface area contributed by atoms with Gasteiger partial charge in [0.25, 0.3) is 5.91 Å². The third kappa shape index (κ3) is 5.87. The molecule has 0 N–H and O–H groups in total. The van der Waals surface area contributed by atoms with E-state index in [0.29, 0.717) is 24.6 Å². The molecule has 32 heavy (non-hydrogen) atoms. The van der Waals surface area contributed by atoms with Gasteiger partial charge in [0.2, 0.25) is 0 Å². The van der Waals surface area contributed by atoms with E-state index in [4.69, 9.17) is 9.47 Å². The number of benzene rings is 2. The van der Waals surface area contributed by atoms with Gasteiger partial charge < -0.3 is 14.4 Å². The Morgan fingerprint density at radius 1 is 1.09 bits per heavy atom. The summed E-state index contributed by atoms with van der Waals surface area (Å²) in [5, 5.41) is 0. The molecule has 2 fully saturated rings. The topological polar surface area (TPSA) is 42.0 Å². The van der Waals surface area contributed by atoms with Crippen molar-refractivity contribution in [2.75, 3.05) is 39.9 Å².